The fourth-order valence-electron chi connectivity index (χ4n) is 3.34. The van der Waals surface area contributed by atoms with E-state index in [2.05, 4.69) is 10.6 Å². The second kappa shape index (κ2) is 6.37. The van der Waals surface area contributed by atoms with Gasteiger partial charge in [0, 0.05) is 13.1 Å². The molecule has 0 aromatic heterocycles. The quantitative estimate of drug-likeness (QED) is 0.698. The normalized spacial score (nSPS) is 26.0. The van der Waals surface area contributed by atoms with Crippen LogP contribution < -0.4 is 10.6 Å². The van der Waals surface area contributed by atoms with E-state index < -0.39 is 5.97 Å². The van der Waals surface area contributed by atoms with Crippen LogP contribution >= 0.6 is 0 Å². The number of carbonyl (C=O) groups is 2. The minimum atomic E-state index is -0.751. The van der Waals surface area contributed by atoms with Gasteiger partial charge in [0.05, 0.1) is 12.3 Å². The Morgan fingerprint density at radius 3 is 2.58 bits per heavy atom. The van der Waals surface area contributed by atoms with Crippen LogP contribution in [0.5, 0.6) is 0 Å². The van der Waals surface area contributed by atoms with Gasteiger partial charge in [0.15, 0.2) is 0 Å². The second-order valence-corrected chi connectivity index (χ2v) is 6.04. The molecular weight excluding hydrogens is 244 g/mol. The number of carboxylic acid groups (broad SMARTS) is 1. The number of amides is 1. The SMILES string of the molecule is O=C(O)CC1(CNC(=O)C2CCNC2)CCCCC1. The molecule has 1 amide bonds. The lowest BCUT2D eigenvalue weighted by molar-refractivity contribution is -0.141. The molecule has 1 atom stereocenters. The highest BCUT2D eigenvalue weighted by molar-refractivity contribution is 5.79. The maximum absolute atomic E-state index is 12.0. The lowest BCUT2D eigenvalue weighted by Gasteiger charge is -2.36. The third-order valence-corrected chi connectivity index (χ3v) is 4.51. The van der Waals surface area contributed by atoms with Crippen LogP contribution in [0.25, 0.3) is 0 Å². The molecule has 2 rings (SSSR count). The van der Waals surface area contributed by atoms with E-state index in [9.17, 15) is 9.59 Å². The van der Waals surface area contributed by atoms with Crippen LogP contribution in [0.2, 0.25) is 0 Å². The molecule has 3 N–H and O–H groups in total. The highest BCUT2D eigenvalue weighted by Gasteiger charge is 2.35. The summed E-state index contributed by atoms with van der Waals surface area (Å²) in [6.07, 6.45) is 6.24. The summed E-state index contributed by atoms with van der Waals surface area (Å²) in [5, 5.41) is 15.3. The molecule has 1 aliphatic carbocycles. The van der Waals surface area contributed by atoms with Crippen molar-refractivity contribution in [1.29, 1.82) is 0 Å². The molecule has 0 bridgehead atoms. The first kappa shape index (κ1) is 14.3. The molecule has 5 nitrogen and oxygen atoms in total. The van der Waals surface area contributed by atoms with Gasteiger partial charge in [-0.1, -0.05) is 19.3 Å². The molecule has 1 aliphatic heterocycles. The molecule has 5 heteroatoms. The van der Waals surface area contributed by atoms with Crippen molar-refractivity contribution in [1.82, 2.24) is 10.6 Å². The van der Waals surface area contributed by atoms with Gasteiger partial charge in [-0.15, -0.1) is 0 Å². The van der Waals surface area contributed by atoms with Gasteiger partial charge in [-0.25, -0.2) is 0 Å². The molecule has 1 saturated heterocycles. The summed E-state index contributed by atoms with van der Waals surface area (Å²) >= 11 is 0. The molecule has 19 heavy (non-hydrogen) atoms. The maximum Gasteiger partial charge on any atom is 0.303 e. The van der Waals surface area contributed by atoms with Crippen molar-refractivity contribution in [2.45, 2.75) is 44.9 Å². The van der Waals surface area contributed by atoms with E-state index in [0.29, 0.717) is 6.54 Å². The number of rotatable bonds is 5. The first-order valence-corrected chi connectivity index (χ1v) is 7.32. The average molecular weight is 268 g/mol. The third-order valence-electron chi connectivity index (χ3n) is 4.51. The Morgan fingerprint density at radius 1 is 1.26 bits per heavy atom. The number of carboxylic acids is 1. The monoisotopic (exact) mass is 268 g/mol. The van der Waals surface area contributed by atoms with Crippen LogP contribution in [0.1, 0.15) is 44.9 Å². The van der Waals surface area contributed by atoms with E-state index in [-0.39, 0.29) is 23.7 Å². The van der Waals surface area contributed by atoms with Crippen LogP contribution in [-0.2, 0) is 9.59 Å². The van der Waals surface area contributed by atoms with Crippen LogP contribution in [-0.4, -0.2) is 36.6 Å². The fraction of sp³-hybridized carbons (Fsp3) is 0.857. The smallest absolute Gasteiger partial charge is 0.303 e. The number of hydrogen-bond donors (Lipinski definition) is 3. The number of carbonyl (C=O) groups excluding carboxylic acids is 1. The van der Waals surface area contributed by atoms with Crippen molar-refractivity contribution >= 4 is 11.9 Å². The minimum Gasteiger partial charge on any atom is -0.481 e. The Bertz CT molecular complexity index is 332. The summed E-state index contributed by atoms with van der Waals surface area (Å²) in [4.78, 5) is 23.1. The zero-order valence-corrected chi connectivity index (χ0v) is 11.4. The van der Waals surface area contributed by atoms with Crippen LogP contribution in [0.4, 0.5) is 0 Å². The summed E-state index contributed by atoms with van der Waals surface area (Å²) in [6.45, 7) is 2.17. The molecule has 108 valence electrons. The minimum absolute atomic E-state index is 0.0606. The van der Waals surface area contributed by atoms with Crippen LogP contribution in [0.15, 0.2) is 0 Å². The van der Waals surface area contributed by atoms with Gasteiger partial charge < -0.3 is 15.7 Å². The van der Waals surface area contributed by atoms with Crippen molar-refractivity contribution in [2.24, 2.45) is 11.3 Å². The van der Waals surface area contributed by atoms with Gasteiger partial charge in [-0.3, -0.25) is 9.59 Å². The average Bonchev–Trinajstić information content (AvgIpc) is 2.90. The van der Waals surface area contributed by atoms with Gasteiger partial charge in [0.2, 0.25) is 5.91 Å². The zero-order valence-electron chi connectivity index (χ0n) is 11.4. The largest absolute Gasteiger partial charge is 0.481 e. The van der Waals surface area contributed by atoms with E-state index in [1.807, 2.05) is 0 Å². The molecule has 2 fully saturated rings. The molecule has 1 unspecified atom stereocenters. The Balaban J connectivity index is 1.88. The van der Waals surface area contributed by atoms with Gasteiger partial charge in [0.25, 0.3) is 0 Å². The summed E-state index contributed by atoms with van der Waals surface area (Å²) < 4.78 is 0. The van der Waals surface area contributed by atoms with Crippen molar-refractivity contribution in [3.63, 3.8) is 0 Å². The Kier molecular flexibility index (Phi) is 4.80. The first-order chi connectivity index (χ1) is 9.11. The van der Waals surface area contributed by atoms with Gasteiger partial charge >= 0.3 is 5.97 Å². The summed E-state index contributed by atoms with van der Waals surface area (Å²) in [6, 6.07) is 0. The predicted molar refractivity (Wildman–Crippen MR) is 71.8 cm³/mol. The molecule has 0 aromatic carbocycles. The van der Waals surface area contributed by atoms with E-state index >= 15 is 0 Å². The Morgan fingerprint density at radius 2 is 2.00 bits per heavy atom. The highest BCUT2D eigenvalue weighted by Crippen LogP contribution is 2.38. The maximum atomic E-state index is 12.0. The topological polar surface area (TPSA) is 78.4 Å². The molecule has 2 aliphatic rings. The molecule has 0 aromatic rings. The van der Waals surface area contributed by atoms with Gasteiger partial charge in [0.1, 0.15) is 0 Å². The van der Waals surface area contributed by atoms with Crippen molar-refractivity contribution in [2.75, 3.05) is 19.6 Å². The predicted octanol–water partition coefficient (Wildman–Crippen LogP) is 1.14. The number of hydrogen-bond acceptors (Lipinski definition) is 3. The summed E-state index contributed by atoms with van der Waals surface area (Å²) in [5.74, 6) is -0.607. The number of nitrogens with one attached hydrogen (secondary N) is 2. The lowest BCUT2D eigenvalue weighted by atomic mass is 9.71. The van der Waals surface area contributed by atoms with Crippen LogP contribution in [0, 0.1) is 11.3 Å². The van der Waals surface area contributed by atoms with E-state index in [4.69, 9.17) is 5.11 Å². The summed E-state index contributed by atoms with van der Waals surface area (Å²) in [5.41, 5.74) is -0.216. The molecule has 1 heterocycles. The van der Waals surface area contributed by atoms with Gasteiger partial charge in [-0.2, -0.15) is 0 Å². The lowest BCUT2D eigenvalue weighted by Crippen LogP contribution is -2.42. The molecule has 0 radical (unpaired) electrons. The highest BCUT2D eigenvalue weighted by atomic mass is 16.4. The van der Waals surface area contributed by atoms with Crippen molar-refractivity contribution in [3.05, 3.63) is 0 Å². The standard InChI is InChI=1S/C14H24N2O3/c17-12(18)8-14(5-2-1-3-6-14)10-16-13(19)11-4-7-15-9-11/h11,15H,1-10H2,(H,16,19)(H,17,18). The zero-order chi connectivity index (χ0) is 13.7. The first-order valence-electron chi connectivity index (χ1n) is 7.32. The molecule has 1 saturated carbocycles. The van der Waals surface area contributed by atoms with E-state index in [1.165, 1.54) is 6.42 Å². The number of aliphatic carboxylic acids is 1. The summed E-state index contributed by atoms with van der Waals surface area (Å²) in [7, 11) is 0. The Labute approximate surface area is 114 Å². The van der Waals surface area contributed by atoms with Crippen molar-refractivity contribution in [3.8, 4) is 0 Å². The van der Waals surface area contributed by atoms with E-state index in [1.54, 1.807) is 0 Å². The van der Waals surface area contributed by atoms with Gasteiger partial charge in [-0.05, 0) is 31.2 Å². The second-order valence-electron chi connectivity index (χ2n) is 6.04. The molecule has 0 spiro atoms. The van der Waals surface area contributed by atoms with Crippen LogP contribution in [0.3, 0.4) is 0 Å². The Hall–Kier alpha value is -1.10. The fourth-order valence-corrected chi connectivity index (χ4v) is 3.34. The third kappa shape index (κ3) is 3.93. The molecular formula is C14H24N2O3. The van der Waals surface area contributed by atoms with E-state index in [0.717, 1.165) is 45.2 Å². The van der Waals surface area contributed by atoms with Crippen molar-refractivity contribution < 1.29 is 14.7 Å².